The second-order valence-corrected chi connectivity index (χ2v) is 4.73. The molecule has 1 amide bonds. The summed E-state index contributed by atoms with van der Waals surface area (Å²) in [5.74, 6) is -1.80. The maximum Gasteiger partial charge on any atom is 0.335 e. The lowest BCUT2D eigenvalue weighted by Gasteiger charge is -2.10. The van der Waals surface area contributed by atoms with Gasteiger partial charge in [0.15, 0.2) is 0 Å². The number of rotatable bonds is 3. The van der Waals surface area contributed by atoms with E-state index in [0.717, 1.165) is 24.5 Å². The summed E-state index contributed by atoms with van der Waals surface area (Å²) in [6.07, 6.45) is 0.991. The van der Waals surface area contributed by atoms with Crippen LogP contribution >= 0.6 is 23.2 Å². The fourth-order valence-corrected chi connectivity index (χ4v) is 2.07. The van der Waals surface area contributed by atoms with Crippen molar-refractivity contribution in [2.75, 3.05) is 5.32 Å². The van der Waals surface area contributed by atoms with Crippen molar-refractivity contribution in [3.63, 3.8) is 0 Å². The molecule has 8 heteroatoms. The Morgan fingerprint density at radius 2 is 1.71 bits per heavy atom. The van der Waals surface area contributed by atoms with E-state index in [9.17, 15) is 14.4 Å². The molecule has 0 aliphatic heterocycles. The van der Waals surface area contributed by atoms with Crippen LogP contribution in [0.5, 0.6) is 0 Å². The average molecular weight is 328 g/mol. The molecule has 0 aliphatic carbocycles. The lowest BCUT2D eigenvalue weighted by molar-refractivity contribution is 0.0696. The summed E-state index contributed by atoms with van der Waals surface area (Å²) in [5, 5.41) is 11.2. The van der Waals surface area contributed by atoms with E-state index in [-0.39, 0.29) is 26.9 Å². The number of carboxylic acid groups (broad SMARTS) is 1. The average Bonchev–Trinajstić information content (AvgIpc) is 2.43. The van der Waals surface area contributed by atoms with Gasteiger partial charge >= 0.3 is 11.6 Å². The molecule has 1 heterocycles. The zero-order valence-corrected chi connectivity index (χ0v) is 11.7. The monoisotopic (exact) mass is 327 g/mol. The molecule has 0 saturated carbocycles. The van der Waals surface area contributed by atoms with Crippen molar-refractivity contribution < 1.29 is 19.1 Å². The lowest BCUT2D eigenvalue weighted by Crippen LogP contribution is -2.14. The van der Waals surface area contributed by atoms with E-state index in [1.165, 1.54) is 6.07 Å². The van der Waals surface area contributed by atoms with Gasteiger partial charge in [-0.3, -0.25) is 4.79 Å². The normalized spacial score (nSPS) is 10.2. The van der Waals surface area contributed by atoms with Gasteiger partial charge in [-0.2, -0.15) is 0 Å². The van der Waals surface area contributed by atoms with E-state index in [2.05, 4.69) is 9.73 Å². The van der Waals surface area contributed by atoms with Crippen LogP contribution in [0.3, 0.4) is 0 Å². The fourth-order valence-electron chi connectivity index (χ4n) is 1.49. The molecule has 0 saturated heterocycles. The molecule has 2 N–H and O–H groups in total. The van der Waals surface area contributed by atoms with Crippen molar-refractivity contribution in [3.05, 3.63) is 62.1 Å². The van der Waals surface area contributed by atoms with Gasteiger partial charge in [0.1, 0.15) is 6.26 Å². The Morgan fingerprint density at radius 1 is 1.10 bits per heavy atom. The van der Waals surface area contributed by atoms with Crippen molar-refractivity contribution in [1.29, 1.82) is 0 Å². The minimum Gasteiger partial charge on any atom is -0.478 e. The molecule has 0 fully saturated rings. The van der Waals surface area contributed by atoms with E-state index >= 15 is 0 Å². The summed E-state index contributed by atoms with van der Waals surface area (Å²) in [7, 11) is 0. The molecule has 1 aromatic carbocycles. The van der Waals surface area contributed by atoms with E-state index in [1.807, 2.05) is 0 Å². The van der Waals surface area contributed by atoms with Gasteiger partial charge in [0, 0.05) is 6.07 Å². The Balaban J connectivity index is 2.31. The molecule has 0 aliphatic rings. The van der Waals surface area contributed by atoms with Gasteiger partial charge in [0.05, 0.1) is 26.9 Å². The van der Waals surface area contributed by atoms with Gasteiger partial charge in [-0.1, -0.05) is 23.2 Å². The maximum absolute atomic E-state index is 11.9. The highest BCUT2D eigenvalue weighted by atomic mass is 35.5. The molecule has 0 bridgehead atoms. The summed E-state index contributed by atoms with van der Waals surface area (Å²) in [5.41, 5.74) is -0.536. The number of carboxylic acids is 1. The van der Waals surface area contributed by atoms with Crippen LogP contribution in [0.15, 0.2) is 39.7 Å². The molecule has 0 atom stereocenters. The molecule has 108 valence electrons. The third kappa shape index (κ3) is 3.42. The highest BCUT2D eigenvalue weighted by Crippen LogP contribution is 2.32. The summed E-state index contributed by atoms with van der Waals surface area (Å²) >= 11 is 11.8. The molecule has 1 aromatic heterocycles. The minimum atomic E-state index is -1.19. The summed E-state index contributed by atoms with van der Waals surface area (Å²) < 4.78 is 4.57. The summed E-state index contributed by atoms with van der Waals surface area (Å²) in [6, 6.07) is 4.69. The van der Waals surface area contributed by atoms with Crippen LogP contribution in [0.1, 0.15) is 20.7 Å². The zero-order chi connectivity index (χ0) is 15.6. The van der Waals surface area contributed by atoms with Crippen LogP contribution in [0.4, 0.5) is 5.69 Å². The largest absolute Gasteiger partial charge is 0.478 e. The first-order chi connectivity index (χ1) is 9.88. The number of nitrogens with one attached hydrogen (secondary N) is 1. The number of carbonyl (C=O) groups is 2. The second-order valence-electron chi connectivity index (χ2n) is 3.92. The molecule has 0 spiro atoms. The Bertz CT molecular complexity index is 741. The molecule has 6 nitrogen and oxygen atoms in total. The van der Waals surface area contributed by atoms with Crippen LogP contribution in [-0.2, 0) is 0 Å². The third-order valence-corrected chi connectivity index (χ3v) is 3.09. The standard InChI is InChI=1S/C13H7Cl2NO5/c14-8-3-7(13(19)20)4-9(15)11(8)16-12(18)6-1-2-10(17)21-5-6/h1-5H,(H,16,18)(H,19,20). The number of carbonyl (C=O) groups excluding carboxylic acids is 1. The number of halogens is 2. The van der Waals surface area contributed by atoms with Crippen molar-refractivity contribution in [1.82, 2.24) is 0 Å². The van der Waals surface area contributed by atoms with Gasteiger partial charge in [0.2, 0.25) is 0 Å². The number of hydrogen-bond donors (Lipinski definition) is 2. The van der Waals surface area contributed by atoms with Crippen molar-refractivity contribution in [2.24, 2.45) is 0 Å². The quantitative estimate of drug-likeness (QED) is 0.903. The zero-order valence-electron chi connectivity index (χ0n) is 10.2. The molecule has 2 rings (SSSR count). The number of aromatic carboxylic acids is 1. The second kappa shape index (κ2) is 5.99. The maximum atomic E-state index is 11.9. The van der Waals surface area contributed by atoms with Crippen molar-refractivity contribution in [2.45, 2.75) is 0 Å². The van der Waals surface area contributed by atoms with Crippen LogP contribution in [-0.4, -0.2) is 17.0 Å². The van der Waals surface area contributed by atoms with Gasteiger partial charge < -0.3 is 14.8 Å². The van der Waals surface area contributed by atoms with E-state index < -0.39 is 17.5 Å². The summed E-state index contributed by atoms with van der Waals surface area (Å²) in [4.78, 5) is 33.6. The number of hydrogen-bond acceptors (Lipinski definition) is 4. The highest BCUT2D eigenvalue weighted by molar-refractivity contribution is 6.40. The first kappa shape index (κ1) is 15.1. The van der Waals surface area contributed by atoms with E-state index in [1.54, 1.807) is 0 Å². The Kier molecular flexibility index (Phi) is 4.30. The van der Waals surface area contributed by atoms with Crippen molar-refractivity contribution in [3.8, 4) is 0 Å². The number of amides is 1. The van der Waals surface area contributed by atoms with E-state index in [0.29, 0.717) is 0 Å². The SMILES string of the molecule is O=C(O)c1cc(Cl)c(NC(=O)c2ccc(=O)oc2)c(Cl)c1. The first-order valence-corrected chi connectivity index (χ1v) is 6.26. The Labute approximate surface area is 127 Å². The van der Waals surface area contributed by atoms with Crippen LogP contribution in [0, 0.1) is 0 Å². The van der Waals surface area contributed by atoms with Gasteiger partial charge in [-0.05, 0) is 18.2 Å². The molecule has 2 aromatic rings. The molecular formula is C13H7Cl2NO5. The predicted octanol–water partition coefficient (Wildman–Crippen LogP) is 2.90. The lowest BCUT2D eigenvalue weighted by atomic mass is 10.2. The molecular weight excluding hydrogens is 321 g/mol. The third-order valence-electron chi connectivity index (χ3n) is 2.49. The fraction of sp³-hybridized carbons (Fsp3) is 0. The van der Waals surface area contributed by atoms with Crippen LogP contribution < -0.4 is 10.9 Å². The van der Waals surface area contributed by atoms with Gasteiger partial charge in [-0.25, -0.2) is 9.59 Å². The van der Waals surface area contributed by atoms with E-state index in [4.69, 9.17) is 28.3 Å². The number of benzene rings is 1. The Hall–Kier alpha value is -2.31. The van der Waals surface area contributed by atoms with Gasteiger partial charge in [-0.15, -0.1) is 0 Å². The molecule has 0 unspecified atom stereocenters. The molecule has 21 heavy (non-hydrogen) atoms. The topological polar surface area (TPSA) is 96.6 Å². The minimum absolute atomic E-state index is 0.0226. The first-order valence-electron chi connectivity index (χ1n) is 5.51. The predicted molar refractivity (Wildman–Crippen MR) is 76.4 cm³/mol. The van der Waals surface area contributed by atoms with Crippen LogP contribution in [0.25, 0.3) is 0 Å². The molecule has 0 radical (unpaired) electrons. The van der Waals surface area contributed by atoms with Gasteiger partial charge in [0.25, 0.3) is 5.91 Å². The van der Waals surface area contributed by atoms with Crippen molar-refractivity contribution >= 4 is 40.8 Å². The summed E-state index contributed by atoms with van der Waals surface area (Å²) in [6.45, 7) is 0. The highest BCUT2D eigenvalue weighted by Gasteiger charge is 2.15. The number of anilines is 1. The van der Waals surface area contributed by atoms with Crippen LogP contribution in [0.2, 0.25) is 10.0 Å². The Morgan fingerprint density at radius 3 is 2.19 bits per heavy atom. The smallest absolute Gasteiger partial charge is 0.335 e.